The van der Waals surface area contributed by atoms with Crippen molar-refractivity contribution in [2.24, 2.45) is 17.3 Å². The second kappa shape index (κ2) is 3.17. The molecule has 0 aromatic heterocycles. The van der Waals surface area contributed by atoms with Gasteiger partial charge in [0.2, 0.25) is 11.8 Å². The molecule has 16 heavy (non-hydrogen) atoms. The van der Waals surface area contributed by atoms with Crippen LogP contribution in [0.15, 0.2) is 0 Å². The topological polar surface area (TPSA) is 29.1 Å². The molecule has 0 saturated heterocycles. The van der Waals surface area contributed by atoms with E-state index in [-0.39, 0.29) is 18.7 Å². The van der Waals surface area contributed by atoms with Gasteiger partial charge in [-0.25, -0.2) is 8.78 Å². The zero-order chi connectivity index (χ0) is 11.4. The maximum absolute atomic E-state index is 12.9. The SMILES string of the molecule is O=C(NC[C@H]1CC12CC2)[C@H]1CCC(F)(F)C1. The monoisotopic (exact) mass is 229 g/mol. The Morgan fingerprint density at radius 3 is 2.50 bits per heavy atom. The highest BCUT2D eigenvalue weighted by molar-refractivity contribution is 5.79. The van der Waals surface area contributed by atoms with Crippen LogP contribution in [0.3, 0.4) is 0 Å². The van der Waals surface area contributed by atoms with Crippen molar-refractivity contribution in [1.29, 1.82) is 0 Å². The molecule has 0 aromatic carbocycles. The van der Waals surface area contributed by atoms with E-state index in [1.807, 2.05) is 0 Å². The van der Waals surface area contributed by atoms with Crippen molar-refractivity contribution in [3.8, 4) is 0 Å². The molecule has 3 aliphatic rings. The van der Waals surface area contributed by atoms with Crippen molar-refractivity contribution in [3.05, 3.63) is 0 Å². The minimum Gasteiger partial charge on any atom is -0.356 e. The van der Waals surface area contributed by atoms with E-state index < -0.39 is 11.8 Å². The van der Waals surface area contributed by atoms with E-state index in [9.17, 15) is 13.6 Å². The van der Waals surface area contributed by atoms with E-state index in [2.05, 4.69) is 5.32 Å². The van der Waals surface area contributed by atoms with Gasteiger partial charge >= 0.3 is 0 Å². The first kappa shape index (κ1) is 10.5. The predicted octanol–water partition coefficient (Wildman–Crippen LogP) is 2.34. The Morgan fingerprint density at radius 2 is 2.00 bits per heavy atom. The van der Waals surface area contributed by atoms with E-state index in [0.717, 1.165) is 0 Å². The highest BCUT2D eigenvalue weighted by Gasteiger charge is 2.62. The summed E-state index contributed by atoms with van der Waals surface area (Å²) in [5.41, 5.74) is 0.576. The van der Waals surface area contributed by atoms with Gasteiger partial charge in [0, 0.05) is 25.3 Å². The molecule has 3 rings (SSSR count). The number of amides is 1. The lowest BCUT2D eigenvalue weighted by molar-refractivity contribution is -0.125. The molecule has 0 unspecified atom stereocenters. The molecule has 0 heterocycles. The third kappa shape index (κ3) is 1.82. The van der Waals surface area contributed by atoms with Gasteiger partial charge in [-0.05, 0) is 37.0 Å². The van der Waals surface area contributed by atoms with Crippen LogP contribution in [0.1, 0.15) is 38.5 Å². The van der Waals surface area contributed by atoms with Crippen LogP contribution in [0.2, 0.25) is 0 Å². The molecule has 4 heteroatoms. The fourth-order valence-corrected chi connectivity index (χ4v) is 3.04. The molecule has 3 aliphatic carbocycles. The minimum absolute atomic E-state index is 0.127. The van der Waals surface area contributed by atoms with Crippen molar-refractivity contribution < 1.29 is 13.6 Å². The average molecular weight is 229 g/mol. The fourth-order valence-electron chi connectivity index (χ4n) is 3.04. The third-order valence-electron chi connectivity index (χ3n) is 4.55. The van der Waals surface area contributed by atoms with E-state index in [1.165, 1.54) is 19.3 Å². The molecule has 0 bridgehead atoms. The van der Waals surface area contributed by atoms with Crippen LogP contribution in [0.25, 0.3) is 0 Å². The summed E-state index contributed by atoms with van der Waals surface area (Å²) in [6.07, 6.45) is 3.79. The number of rotatable bonds is 3. The van der Waals surface area contributed by atoms with E-state index in [0.29, 0.717) is 24.3 Å². The molecule has 90 valence electrons. The summed E-state index contributed by atoms with van der Waals surface area (Å²) in [5, 5.41) is 2.85. The standard InChI is InChI=1S/C12H17F2NO/c13-12(14)2-1-8(5-12)10(16)15-7-9-6-11(9)3-4-11/h8-9H,1-7H2,(H,15,16)/t8-,9+/m0/s1. The van der Waals surface area contributed by atoms with Crippen LogP contribution < -0.4 is 5.32 Å². The molecular weight excluding hydrogens is 212 g/mol. The lowest BCUT2D eigenvalue weighted by Crippen LogP contribution is -2.32. The van der Waals surface area contributed by atoms with Gasteiger partial charge in [-0.2, -0.15) is 0 Å². The second-order valence-electron chi connectivity index (χ2n) is 5.80. The van der Waals surface area contributed by atoms with E-state index >= 15 is 0 Å². The lowest BCUT2D eigenvalue weighted by atomic mass is 10.1. The highest BCUT2D eigenvalue weighted by atomic mass is 19.3. The summed E-state index contributed by atoms with van der Waals surface area (Å²) in [7, 11) is 0. The maximum atomic E-state index is 12.9. The lowest BCUT2D eigenvalue weighted by Gasteiger charge is -2.11. The number of carbonyl (C=O) groups excluding carboxylic acids is 1. The Kier molecular flexibility index (Phi) is 2.08. The molecule has 2 nitrogen and oxygen atoms in total. The molecular formula is C12H17F2NO. The number of alkyl halides is 2. The van der Waals surface area contributed by atoms with Gasteiger partial charge in [-0.3, -0.25) is 4.79 Å². The third-order valence-corrected chi connectivity index (χ3v) is 4.55. The van der Waals surface area contributed by atoms with Gasteiger partial charge in [0.25, 0.3) is 0 Å². The Bertz CT molecular complexity index is 325. The summed E-state index contributed by atoms with van der Waals surface area (Å²) in [6, 6.07) is 0. The van der Waals surface area contributed by atoms with Crippen LogP contribution in [-0.4, -0.2) is 18.4 Å². The second-order valence-corrected chi connectivity index (χ2v) is 5.80. The fraction of sp³-hybridized carbons (Fsp3) is 0.917. The Labute approximate surface area is 93.8 Å². The number of hydrogen-bond donors (Lipinski definition) is 1. The molecule has 1 amide bonds. The Balaban J connectivity index is 1.43. The zero-order valence-corrected chi connectivity index (χ0v) is 9.27. The summed E-state index contributed by atoms with van der Waals surface area (Å²) in [5.74, 6) is -2.58. The number of halogens is 2. The van der Waals surface area contributed by atoms with Crippen LogP contribution in [-0.2, 0) is 4.79 Å². The molecule has 2 atom stereocenters. The van der Waals surface area contributed by atoms with Crippen molar-refractivity contribution in [1.82, 2.24) is 5.32 Å². The quantitative estimate of drug-likeness (QED) is 0.790. The van der Waals surface area contributed by atoms with Gasteiger partial charge in [0.15, 0.2) is 0 Å². The maximum Gasteiger partial charge on any atom is 0.248 e. The summed E-state index contributed by atoms with van der Waals surface area (Å²) in [4.78, 5) is 11.7. The molecule has 3 saturated carbocycles. The van der Waals surface area contributed by atoms with E-state index in [4.69, 9.17) is 0 Å². The molecule has 0 aliphatic heterocycles. The number of carbonyl (C=O) groups is 1. The van der Waals surface area contributed by atoms with Gasteiger partial charge in [-0.15, -0.1) is 0 Å². The molecule has 1 spiro atoms. The Morgan fingerprint density at radius 1 is 1.25 bits per heavy atom. The first-order chi connectivity index (χ1) is 7.51. The smallest absolute Gasteiger partial charge is 0.248 e. The first-order valence-electron chi connectivity index (χ1n) is 6.16. The summed E-state index contributed by atoms with van der Waals surface area (Å²) < 4.78 is 25.8. The van der Waals surface area contributed by atoms with Gasteiger partial charge in [-0.1, -0.05) is 0 Å². The predicted molar refractivity (Wildman–Crippen MR) is 55.1 cm³/mol. The average Bonchev–Trinajstić information content (AvgIpc) is 3.10. The zero-order valence-electron chi connectivity index (χ0n) is 9.27. The van der Waals surface area contributed by atoms with Crippen molar-refractivity contribution in [3.63, 3.8) is 0 Å². The van der Waals surface area contributed by atoms with Gasteiger partial charge < -0.3 is 5.32 Å². The van der Waals surface area contributed by atoms with Crippen molar-refractivity contribution in [2.45, 2.75) is 44.4 Å². The van der Waals surface area contributed by atoms with E-state index in [1.54, 1.807) is 0 Å². The van der Waals surface area contributed by atoms with Crippen molar-refractivity contribution >= 4 is 5.91 Å². The number of nitrogens with one attached hydrogen (secondary N) is 1. The molecule has 1 N–H and O–H groups in total. The van der Waals surface area contributed by atoms with Crippen LogP contribution in [0, 0.1) is 17.3 Å². The van der Waals surface area contributed by atoms with Gasteiger partial charge in [0.05, 0.1) is 0 Å². The number of hydrogen-bond acceptors (Lipinski definition) is 1. The Hall–Kier alpha value is -0.670. The summed E-state index contributed by atoms with van der Waals surface area (Å²) in [6.45, 7) is 0.709. The van der Waals surface area contributed by atoms with Gasteiger partial charge in [0.1, 0.15) is 0 Å². The molecule has 0 aromatic rings. The minimum atomic E-state index is -2.61. The van der Waals surface area contributed by atoms with Crippen LogP contribution in [0.4, 0.5) is 8.78 Å². The first-order valence-corrected chi connectivity index (χ1v) is 6.16. The normalized spacial score (nSPS) is 37.4. The molecule has 3 fully saturated rings. The largest absolute Gasteiger partial charge is 0.356 e. The molecule has 0 radical (unpaired) electrons. The highest BCUT2D eigenvalue weighted by Crippen LogP contribution is 2.70. The van der Waals surface area contributed by atoms with Crippen molar-refractivity contribution in [2.75, 3.05) is 6.54 Å². The van der Waals surface area contributed by atoms with Crippen LogP contribution >= 0.6 is 0 Å². The summed E-state index contributed by atoms with van der Waals surface area (Å²) >= 11 is 0. The van der Waals surface area contributed by atoms with Crippen LogP contribution in [0.5, 0.6) is 0 Å².